The van der Waals surface area contributed by atoms with Crippen LogP contribution >= 0.6 is 0 Å². The minimum Gasteiger partial charge on any atom is -0.449 e. The maximum atomic E-state index is 11.0. The summed E-state index contributed by atoms with van der Waals surface area (Å²) in [6, 6.07) is 13.2. The molecule has 2 aromatic rings. The summed E-state index contributed by atoms with van der Waals surface area (Å²) in [4.78, 5) is 11.0. The summed E-state index contributed by atoms with van der Waals surface area (Å²) in [5.74, 6) is 1.91. The number of benzene rings is 2. The van der Waals surface area contributed by atoms with Crippen LogP contribution in [0.25, 0.3) is 11.1 Å². The second-order valence-corrected chi connectivity index (χ2v) is 3.91. The Morgan fingerprint density at radius 2 is 1.78 bits per heavy atom. The van der Waals surface area contributed by atoms with E-state index >= 15 is 0 Å². The Hall–Kier alpha value is -2.55. The van der Waals surface area contributed by atoms with Crippen molar-refractivity contribution in [1.82, 2.24) is 0 Å². The molecule has 0 amide bonds. The predicted octanol–water partition coefficient (Wildman–Crippen LogP) is 3.55. The Bertz CT molecular complexity index is 627. The van der Waals surface area contributed by atoms with Crippen LogP contribution in [-0.2, 0) is 4.79 Å². The van der Waals surface area contributed by atoms with Gasteiger partial charge < -0.3 is 9.47 Å². The molecule has 88 valence electrons. The highest BCUT2D eigenvalue weighted by Crippen LogP contribution is 2.46. The molecular formula is C15H10O3. The van der Waals surface area contributed by atoms with Crippen LogP contribution in [0, 0.1) is 0 Å². The molecule has 0 bridgehead atoms. The number of carbonyl (C=O) groups is 1. The quantitative estimate of drug-likeness (QED) is 0.303. The zero-order valence-corrected chi connectivity index (χ0v) is 9.55. The van der Waals surface area contributed by atoms with E-state index in [1.165, 1.54) is 0 Å². The Labute approximate surface area is 104 Å². The van der Waals surface area contributed by atoms with E-state index in [4.69, 9.17) is 9.47 Å². The molecule has 1 heterocycles. The van der Waals surface area contributed by atoms with E-state index in [0.29, 0.717) is 5.75 Å². The number of esters is 1. The van der Waals surface area contributed by atoms with Gasteiger partial charge in [0.25, 0.3) is 0 Å². The lowest BCUT2D eigenvalue weighted by Crippen LogP contribution is -2.02. The van der Waals surface area contributed by atoms with Gasteiger partial charge in [-0.25, -0.2) is 4.79 Å². The van der Waals surface area contributed by atoms with Crippen LogP contribution in [-0.4, -0.2) is 5.97 Å². The monoisotopic (exact) mass is 238 g/mol. The third-order valence-electron chi connectivity index (χ3n) is 2.69. The molecule has 2 aromatic carbocycles. The smallest absolute Gasteiger partial charge is 0.335 e. The topological polar surface area (TPSA) is 38.8 Å². The Morgan fingerprint density at radius 3 is 2.44 bits per heavy atom. The van der Waals surface area contributed by atoms with Crippen molar-refractivity contribution in [2.45, 2.75) is 0 Å². The Kier molecular flexibility index (Phi) is 2.38. The van der Waals surface area contributed by atoms with Gasteiger partial charge in [-0.2, -0.15) is 0 Å². The molecule has 18 heavy (non-hydrogen) atoms. The minimum atomic E-state index is -0.458. The van der Waals surface area contributed by atoms with Gasteiger partial charge in [-0.3, -0.25) is 0 Å². The molecule has 0 atom stereocenters. The first kappa shape index (κ1) is 10.6. The first-order chi connectivity index (χ1) is 8.76. The fourth-order valence-electron chi connectivity index (χ4n) is 1.72. The summed E-state index contributed by atoms with van der Waals surface area (Å²) in [5, 5.41) is 0. The molecule has 0 radical (unpaired) electrons. The van der Waals surface area contributed by atoms with E-state index in [1.54, 1.807) is 12.1 Å². The molecule has 0 unspecified atom stereocenters. The Morgan fingerprint density at radius 1 is 1.06 bits per heavy atom. The predicted molar refractivity (Wildman–Crippen MR) is 67.8 cm³/mol. The number of hydrogen-bond donors (Lipinski definition) is 0. The van der Waals surface area contributed by atoms with Gasteiger partial charge in [-0.05, 0) is 35.4 Å². The van der Waals surface area contributed by atoms with Gasteiger partial charge in [-0.1, -0.05) is 24.8 Å². The normalized spacial score (nSPS) is 11.1. The highest BCUT2D eigenvalue weighted by atomic mass is 16.6. The maximum Gasteiger partial charge on any atom is 0.335 e. The van der Waals surface area contributed by atoms with E-state index < -0.39 is 5.97 Å². The van der Waals surface area contributed by atoms with Crippen LogP contribution in [0.3, 0.4) is 0 Å². The third kappa shape index (κ3) is 1.98. The van der Waals surface area contributed by atoms with Gasteiger partial charge in [0.1, 0.15) is 5.75 Å². The maximum absolute atomic E-state index is 11.0. The van der Waals surface area contributed by atoms with E-state index in [9.17, 15) is 4.79 Å². The molecule has 0 aliphatic carbocycles. The summed E-state index contributed by atoms with van der Waals surface area (Å²) < 4.78 is 10.2. The second kappa shape index (κ2) is 4.04. The molecule has 0 saturated heterocycles. The van der Waals surface area contributed by atoms with Crippen molar-refractivity contribution in [3.05, 3.63) is 55.1 Å². The van der Waals surface area contributed by atoms with Gasteiger partial charge in [0.05, 0.1) is 0 Å². The first-order valence-electron chi connectivity index (χ1n) is 5.53. The van der Waals surface area contributed by atoms with Crippen molar-refractivity contribution in [1.29, 1.82) is 0 Å². The Balaban J connectivity index is 1.83. The van der Waals surface area contributed by atoms with E-state index in [1.807, 2.05) is 30.3 Å². The fourth-order valence-corrected chi connectivity index (χ4v) is 1.72. The highest BCUT2D eigenvalue weighted by molar-refractivity contribution is 5.83. The van der Waals surface area contributed by atoms with Crippen LogP contribution in [0.15, 0.2) is 55.1 Å². The van der Waals surface area contributed by atoms with Gasteiger partial charge in [0, 0.05) is 6.08 Å². The average Bonchev–Trinajstić information content (AvgIpc) is 3.17. The van der Waals surface area contributed by atoms with Crippen molar-refractivity contribution in [3.8, 4) is 28.4 Å². The molecule has 3 heteroatoms. The largest absolute Gasteiger partial charge is 0.449 e. The van der Waals surface area contributed by atoms with Crippen molar-refractivity contribution in [2.75, 3.05) is 0 Å². The standard InChI is InChI=1S/C15H10O3/c1-2-15(16)17-12-6-3-10(4-7-12)11-5-8-13-14(9-11)18-13/h2-9H,1H2. The number of fused-ring (bicyclic) bond motifs is 1. The zero-order valence-electron chi connectivity index (χ0n) is 9.55. The average molecular weight is 238 g/mol. The molecule has 0 N–H and O–H groups in total. The summed E-state index contributed by atoms with van der Waals surface area (Å²) in [6.07, 6.45) is 1.14. The minimum absolute atomic E-state index is 0.458. The first-order valence-corrected chi connectivity index (χ1v) is 5.53. The molecule has 0 saturated carbocycles. The lowest BCUT2D eigenvalue weighted by atomic mass is 10.1. The van der Waals surface area contributed by atoms with Crippen molar-refractivity contribution >= 4 is 5.97 Å². The van der Waals surface area contributed by atoms with Crippen LogP contribution in [0.5, 0.6) is 17.2 Å². The van der Waals surface area contributed by atoms with Crippen molar-refractivity contribution in [3.63, 3.8) is 0 Å². The molecule has 0 fully saturated rings. The van der Waals surface area contributed by atoms with E-state index in [-0.39, 0.29) is 0 Å². The zero-order chi connectivity index (χ0) is 12.5. The molecule has 3 rings (SSSR count). The molecule has 0 aromatic heterocycles. The van der Waals surface area contributed by atoms with Crippen LogP contribution < -0.4 is 9.47 Å². The van der Waals surface area contributed by atoms with Gasteiger partial charge >= 0.3 is 5.97 Å². The van der Waals surface area contributed by atoms with Crippen LogP contribution in [0.2, 0.25) is 0 Å². The van der Waals surface area contributed by atoms with Crippen molar-refractivity contribution < 1.29 is 14.3 Å². The lowest BCUT2D eigenvalue weighted by molar-refractivity contribution is -0.128. The van der Waals surface area contributed by atoms with Gasteiger partial charge in [0.2, 0.25) is 0 Å². The van der Waals surface area contributed by atoms with E-state index in [0.717, 1.165) is 28.7 Å². The number of hydrogen-bond acceptors (Lipinski definition) is 3. The number of rotatable bonds is 3. The third-order valence-corrected chi connectivity index (χ3v) is 2.69. The highest BCUT2D eigenvalue weighted by Gasteiger charge is 2.19. The van der Waals surface area contributed by atoms with E-state index in [2.05, 4.69) is 6.58 Å². The molecule has 1 aliphatic rings. The second-order valence-electron chi connectivity index (χ2n) is 3.91. The summed E-state index contributed by atoms with van der Waals surface area (Å²) in [7, 11) is 0. The SMILES string of the molecule is C=CC(=O)Oc1ccc(-c2ccc3c(c2)O3)cc1. The van der Waals surface area contributed by atoms with Crippen LogP contribution in [0.1, 0.15) is 0 Å². The van der Waals surface area contributed by atoms with Gasteiger partial charge in [-0.15, -0.1) is 0 Å². The summed E-state index contributed by atoms with van der Waals surface area (Å²) in [5.41, 5.74) is 2.12. The lowest BCUT2D eigenvalue weighted by Gasteiger charge is -2.03. The molecular weight excluding hydrogens is 228 g/mol. The van der Waals surface area contributed by atoms with Gasteiger partial charge in [0.15, 0.2) is 11.5 Å². The fraction of sp³-hybridized carbons (Fsp3) is 0. The molecule has 3 nitrogen and oxygen atoms in total. The number of carbonyl (C=O) groups excluding carboxylic acids is 1. The molecule has 1 aliphatic heterocycles. The van der Waals surface area contributed by atoms with Crippen molar-refractivity contribution in [2.24, 2.45) is 0 Å². The number of ether oxygens (including phenoxy) is 2. The summed E-state index contributed by atoms with van der Waals surface area (Å²) >= 11 is 0. The summed E-state index contributed by atoms with van der Waals surface area (Å²) in [6.45, 7) is 3.35. The molecule has 0 spiro atoms. The van der Waals surface area contributed by atoms with Crippen LogP contribution in [0.4, 0.5) is 0 Å².